The van der Waals surface area contributed by atoms with E-state index in [2.05, 4.69) is 5.32 Å². The normalized spacial score (nSPS) is 11.3. The van der Waals surface area contributed by atoms with Crippen molar-refractivity contribution in [1.82, 2.24) is 24.3 Å². The molecule has 1 aliphatic carbocycles. The number of hydrogen-bond donors (Lipinski definition) is 3. The standard InChI is InChI=1S/C57H53FN6O7/c1-62(2)39-18-23-43-51(32-39)71-52-33-40(63(3)4)19-24-44(52)53(43)45-31-38(17-22-42(45)57(68)69)55(66)59-26-10-5-6-11-27-70-50-25-14-36(28-46(50)58)30-48-56(67)64-34-49(37-15-20-41(65)21-16-37)60-47(54(64)61-48)29-35-12-8-7-9-13-35/h7-9,12-25,28,31-34H,5-6,10-11,26-27,29-30H2,1-4H3,(H3-,59,60,65,66,67,68,69). The molecule has 3 N–H and O–H groups in total. The number of anilines is 1. The van der Waals surface area contributed by atoms with E-state index in [1.165, 1.54) is 18.2 Å². The summed E-state index contributed by atoms with van der Waals surface area (Å²) in [6, 6.07) is 37.3. The lowest BCUT2D eigenvalue weighted by Crippen LogP contribution is -2.26. The highest BCUT2D eigenvalue weighted by Gasteiger charge is 2.23. The number of carboxylic acid groups (broad SMARTS) is 1. The van der Waals surface area contributed by atoms with Crippen molar-refractivity contribution in [2.45, 2.75) is 38.5 Å². The van der Waals surface area contributed by atoms with E-state index in [9.17, 15) is 24.9 Å². The van der Waals surface area contributed by atoms with Crippen LogP contribution in [0.5, 0.6) is 17.4 Å². The van der Waals surface area contributed by atoms with Gasteiger partial charge in [-0.25, -0.2) is 18.9 Å². The van der Waals surface area contributed by atoms with Gasteiger partial charge in [0, 0.05) is 90.7 Å². The van der Waals surface area contributed by atoms with Crippen LogP contribution in [0.1, 0.15) is 68.9 Å². The maximum atomic E-state index is 15.4. The largest absolute Gasteiger partial charge is 0.545 e. The smallest absolute Gasteiger partial charge is 0.251 e. The number of fused-ring (bicyclic) bond motifs is 3. The molecule has 3 heterocycles. The van der Waals surface area contributed by atoms with Crippen LogP contribution in [0.4, 0.5) is 10.1 Å². The second kappa shape index (κ2) is 20.6. The fourth-order valence-electron chi connectivity index (χ4n) is 8.76. The number of nitrogens with one attached hydrogen (secondary N) is 1. The number of aromatic nitrogens is 3. The van der Waals surface area contributed by atoms with E-state index in [1.54, 1.807) is 53.1 Å². The van der Waals surface area contributed by atoms with Crippen molar-refractivity contribution in [3.8, 4) is 51.1 Å². The molecule has 71 heavy (non-hydrogen) atoms. The second-order valence-corrected chi connectivity index (χ2v) is 18.0. The van der Waals surface area contributed by atoms with Crippen molar-refractivity contribution >= 4 is 34.2 Å². The molecule has 2 aromatic heterocycles. The van der Waals surface area contributed by atoms with Crippen molar-refractivity contribution in [2.24, 2.45) is 0 Å². The number of aromatic hydroxyl groups is 2. The van der Waals surface area contributed by atoms with E-state index in [4.69, 9.17) is 19.1 Å². The molecule has 360 valence electrons. The van der Waals surface area contributed by atoms with Gasteiger partial charge < -0.3 is 39.5 Å². The summed E-state index contributed by atoms with van der Waals surface area (Å²) in [5.74, 6) is -1.46. The highest BCUT2D eigenvalue weighted by atomic mass is 19.1. The monoisotopic (exact) mass is 952 g/mol. The third-order valence-electron chi connectivity index (χ3n) is 12.6. The van der Waals surface area contributed by atoms with Crippen LogP contribution in [0.15, 0.2) is 138 Å². The molecular weight excluding hydrogens is 900 g/mol. The number of carboxylic acids is 1. The zero-order valence-corrected chi connectivity index (χ0v) is 39.9. The molecule has 0 saturated heterocycles. The van der Waals surface area contributed by atoms with E-state index in [0.717, 1.165) is 35.0 Å². The summed E-state index contributed by atoms with van der Waals surface area (Å²) in [6.45, 7) is 0.698. The van der Waals surface area contributed by atoms with Crippen molar-refractivity contribution in [3.05, 3.63) is 178 Å². The van der Waals surface area contributed by atoms with Crippen LogP contribution in [0, 0.1) is 5.82 Å². The molecule has 0 fully saturated rings. The molecule has 9 rings (SSSR count). The average Bonchev–Trinajstić information content (AvgIpc) is 3.68. The van der Waals surface area contributed by atoms with E-state index in [-0.39, 0.29) is 35.3 Å². The molecule has 0 atom stereocenters. The van der Waals surface area contributed by atoms with Crippen LogP contribution in [-0.4, -0.2) is 77.8 Å². The van der Waals surface area contributed by atoms with E-state index < -0.39 is 11.8 Å². The molecule has 5 aromatic carbocycles. The number of carbonyl (C=O) groups is 2. The molecule has 2 aliphatic rings. The lowest BCUT2D eigenvalue weighted by atomic mass is 9.89. The minimum absolute atomic E-state index is 0.0425. The van der Waals surface area contributed by atoms with E-state index in [0.29, 0.717) is 99.7 Å². The van der Waals surface area contributed by atoms with Gasteiger partial charge in [0.1, 0.15) is 36.9 Å². The van der Waals surface area contributed by atoms with Gasteiger partial charge in [0.25, 0.3) is 5.91 Å². The third-order valence-corrected chi connectivity index (χ3v) is 12.6. The molecule has 0 spiro atoms. The lowest BCUT2D eigenvalue weighted by molar-refractivity contribution is -0.254. The first-order valence-corrected chi connectivity index (χ1v) is 23.5. The number of imidazole rings is 1. The Morgan fingerprint density at radius 1 is 0.803 bits per heavy atom. The number of amides is 1. The molecule has 1 amide bonds. The number of rotatable bonds is 17. The van der Waals surface area contributed by atoms with Gasteiger partial charge in [-0.3, -0.25) is 9.20 Å². The number of ether oxygens (including phenoxy) is 1. The Morgan fingerprint density at radius 2 is 1.58 bits per heavy atom. The maximum Gasteiger partial charge on any atom is 0.251 e. The van der Waals surface area contributed by atoms with Crippen LogP contribution in [0.2, 0.25) is 0 Å². The lowest BCUT2D eigenvalue weighted by Gasteiger charge is -2.20. The topological polar surface area (TPSA) is 168 Å². The summed E-state index contributed by atoms with van der Waals surface area (Å²) >= 11 is 0. The zero-order chi connectivity index (χ0) is 49.8. The van der Waals surface area contributed by atoms with Gasteiger partial charge in [0.2, 0.25) is 11.2 Å². The Hall–Kier alpha value is -8.52. The molecule has 7 aromatic rings. The third kappa shape index (κ3) is 10.4. The second-order valence-electron chi connectivity index (χ2n) is 18.0. The molecule has 13 nitrogen and oxygen atoms in total. The van der Waals surface area contributed by atoms with E-state index >= 15 is 4.39 Å². The summed E-state index contributed by atoms with van der Waals surface area (Å²) in [7, 11) is 7.72. The van der Waals surface area contributed by atoms with Crippen molar-refractivity contribution < 1.29 is 38.5 Å². The Balaban J connectivity index is 0.808. The number of unbranched alkanes of at least 4 members (excludes halogenated alkanes) is 3. The number of phenolic OH excluding ortho intramolecular Hbond substituents is 1. The van der Waals surface area contributed by atoms with Gasteiger partial charge >= 0.3 is 0 Å². The molecule has 0 unspecified atom stereocenters. The van der Waals surface area contributed by atoms with E-state index in [1.807, 2.05) is 104 Å². The summed E-state index contributed by atoms with van der Waals surface area (Å²) in [6.07, 6.45) is 5.27. The summed E-state index contributed by atoms with van der Waals surface area (Å²) in [5, 5.41) is 38.4. The molecule has 1 aliphatic heterocycles. The van der Waals surface area contributed by atoms with Gasteiger partial charge in [-0.2, -0.15) is 0 Å². The minimum Gasteiger partial charge on any atom is -0.545 e. The molecular formula is C57H53FN6O7. The summed E-state index contributed by atoms with van der Waals surface area (Å²) in [5.41, 5.74) is 7.91. The number of halogens is 1. The van der Waals surface area contributed by atoms with Gasteiger partial charge in [0.15, 0.2) is 17.2 Å². The SMILES string of the molecule is CN(C)c1ccc2c(-c3cc(C(=O)NCCCCCCOc4ccc(Cc5nc6c(Cc7ccccc7)nc(-c7ccc(O)cc7)cn6c5O)cc4F)ccc3C(=O)[O-])c3ccc(=[N+](C)C)cc-3oc2c1. The van der Waals surface area contributed by atoms with Gasteiger partial charge in [-0.15, -0.1) is 0 Å². The fraction of sp³-hybridized carbons (Fsp3) is 0.211. The van der Waals surface area contributed by atoms with Crippen molar-refractivity contribution in [2.75, 3.05) is 46.2 Å². The van der Waals surface area contributed by atoms with Gasteiger partial charge in [0.05, 0.1) is 30.0 Å². The first-order chi connectivity index (χ1) is 34.3. The number of phenols is 1. The van der Waals surface area contributed by atoms with Crippen LogP contribution in [0.3, 0.4) is 0 Å². The molecule has 0 radical (unpaired) electrons. The van der Waals surface area contributed by atoms with Gasteiger partial charge in [-0.1, -0.05) is 55.3 Å². The van der Waals surface area contributed by atoms with Crippen LogP contribution in [-0.2, 0) is 12.8 Å². The fourth-order valence-corrected chi connectivity index (χ4v) is 8.76. The van der Waals surface area contributed by atoms with Crippen LogP contribution < -0.4 is 30.0 Å². The Kier molecular flexibility index (Phi) is 13.8. The van der Waals surface area contributed by atoms with Crippen molar-refractivity contribution in [1.29, 1.82) is 0 Å². The number of benzene rings is 6. The average molecular weight is 953 g/mol. The molecule has 0 saturated carbocycles. The van der Waals surface area contributed by atoms with Gasteiger partial charge in [-0.05, 0) is 96.3 Å². The summed E-state index contributed by atoms with van der Waals surface area (Å²) < 4.78 is 31.2. The highest BCUT2D eigenvalue weighted by molar-refractivity contribution is 6.09. The predicted molar refractivity (Wildman–Crippen MR) is 271 cm³/mol. The van der Waals surface area contributed by atoms with Crippen LogP contribution >= 0.6 is 0 Å². The molecule has 0 bridgehead atoms. The number of carbonyl (C=O) groups excluding carboxylic acids is 2. The quantitative estimate of drug-likeness (QED) is 0.0458. The highest BCUT2D eigenvalue weighted by Crippen LogP contribution is 2.42. The number of nitrogens with zero attached hydrogens (tertiary/aromatic N) is 5. The molecule has 14 heteroatoms. The van der Waals surface area contributed by atoms with Crippen LogP contribution in [0.25, 0.3) is 50.3 Å². The Bertz CT molecular complexity index is 3470. The number of hydrogen-bond acceptors (Lipinski definition) is 10. The minimum atomic E-state index is -1.36. The predicted octanol–water partition coefficient (Wildman–Crippen LogP) is 8.48. The first-order valence-electron chi connectivity index (χ1n) is 23.5. The Morgan fingerprint density at radius 3 is 2.32 bits per heavy atom. The maximum absolute atomic E-state index is 15.4. The number of aromatic carboxylic acids is 1. The Labute approximate surface area is 409 Å². The zero-order valence-electron chi connectivity index (χ0n) is 39.9. The van der Waals surface area contributed by atoms with Crippen molar-refractivity contribution in [3.63, 3.8) is 0 Å². The summed E-state index contributed by atoms with van der Waals surface area (Å²) in [4.78, 5) is 37.8. The first kappa shape index (κ1) is 47.5.